The Balaban J connectivity index is 2.17. The first-order valence-corrected chi connectivity index (χ1v) is 8.24. The van der Waals surface area contributed by atoms with Gasteiger partial charge in [-0.05, 0) is 29.1 Å². The lowest BCUT2D eigenvalue weighted by molar-refractivity contribution is -0.692. The lowest BCUT2D eigenvalue weighted by atomic mass is 10.1. The van der Waals surface area contributed by atoms with E-state index in [1.165, 1.54) is 16.4 Å². The van der Waals surface area contributed by atoms with Crippen molar-refractivity contribution in [3.63, 3.8) is 0 Å². The summed E-state index contributed by atoms with van der Waals surface area (Å²) in [6.45, 7) is 7.29. The van der Waals surface area contributed by atoms with Crippen molar-refractivity contribution in [1.29, 1.82) is 0 Å². The number of hydrogen-bond donors (Lipinski definition) is 0. The molecule has 2 heterocycles. The molecule has 0 aliphatic rings. The van der Waals surface area contributed by atoms with E-state index in [0.717, 1.165) is 17.3 Å². The van der Waals surface area contributed by atoms with Crippen molar-refractivity contribution in [3.05, 3.63) is 31.6 Å². The lowest BCUT2D eigenvalue weighted by Gasteiger charge is -2.05. The van der Waals surface area contributed by atoms with Gasteiger partial charge in [0.1, 0.15) is 5.15 Å². The third-order valence-electron chi connectivity index (χ3n) is 2.84. The molecule has 0 aromatic carbocycles. The van der Waals surface area contributed by atoms with E-state index in [1.807, 2.05) is 5.38 Å². The molecule has 0 amide bonds. The molecule has 0 bridgehead atoms. The van der Waals surface area contributed by atoms with Crippen LogP contribution in [0.1, 0.15) is 43.0 Å². The first-order chi connectivity index (χ1) is 8.50. The molecule has 2 aromatic rings. The van der Waals surface area contributed by atoms with Crippen LogP contribution in [-0.2, 0) is 6.54 Å². The van der Waals surface area contributed by atoms with Gasteiger partial charge in [-0.25, -0.2) is 0 Å². The predicted octanol–water partition coefficient (Wildman–Crippen LogP) is 4.73. The first kappa shape index (κ1) is 14.3. The quantitative estimate of drug-likeness (QED) is 0.744. The molecule has 2 nitrogen and oxygen atoms in total. The summed E-state index contributed by atoms with van der Waals surface area (Å²) in [6.07, 6.45) is 0. The number of halogens is 2. The fraction of sp³-hybridized carbons (Fsp3) is 0.500. The lowest BCUT2D eigenvalue weighted by Crippen LogP contribution is -2.35. The second-order valence-corrected chi connectivity index (χ2v) is 6.88. The second-order valence-electron chi connectivity index (χ2n) is 4.65. The molecule has 0 fully saturated rings. The Morgan fingerprint density at radius 1 is 1.33 bits per heavy atom. The van der Waals surface area contributed by atoms with Gasteiger partial charge in [0.2, 0.25) is 5.51 Å². The molecule has 2 aromatic heterocycles. The van der Waals surface area contributed by atoms with E-state index in [2.05, 4.69) is 35.2 Å². The molecule has 2 rings (SSSR count). The molecular formula is C12H15Cl2N2S2+. The zero-order valence-corrected chi connectivity index (χ0v) is 13.6. The number of thiazole rings is 1. The highest BCUT2D eigenvalue weighted by Gasteiger charge is 2.23. The van der Waals surface area contributed by atoms with Crippen molar-refractivity contribution in [2.75, 3.05) is 0 Å². The molecule has 6 heteroatoms. The highest BCUT2D eigenvalue weighted by Crippen LogP contribution is 2.29. The van der Waals surface area contributed by atoms with Gasteiger partial charge in [0.05, 0.1) is 4.88 Å². The van der Waals surface area contributed by atoms with E-state index in [0.29, 0.717) is 17.0 Å². The molecule has 0 saturated carbocycles. The predicted molar refractivity (Wildman–Crippen MR) is 79.2 cm³/mol. The van der Waals surface area contributed by atoms with Crippen molar-refractivity contribution in [2.45, 2.75) is 39.2 Å². The van der Waals surface area contributed by atoms with Gasteiger partial charge >= 0.3 is 0 Å². The van der Waals surface area contributed by atoms with Gasteiger partial charge in [-0.3, -0.25) is 0 Å². The number of aromatic nitrogens is 2. The monoisotopic (exact) mass is 321 g/mol. The van der Waals surface area contributed by atoms with Gasteiger partial charge in [-0.15, -0.1) is 0 Å². The van der Waals surface area contributed by atoms with E-state index in [9.17, 15) is 0 Å². The summed E-state index contributed by atoms with van der Waals surface area (Å²) in [7, 11) is 0. The van der Waals surface area contributed by atoms with E-state index >= 15 is 0 Å². The molecule has 18 heavy (non-hydrogen) atoms. The first-order valence-electron chi connectivity index (χ1n) is 5.76. The van der Waals surface area contributed by atoms with Crippen molar-refractivity contribution < 1.29 is 4.57 Å². The normalized spacial score (nSPS) is 13.2. The number of rotatable bonds is 4. The van der Waals surface area contributed by atoms with Crippen LogP contribution in [0, 0.1) is 0 Å². The van der Waals surface area contributed by atoms with Crippen LogP contribution in [0.25, 0.3) is 0 Å². The summed E-state index contributed by atoms with van der Waals surface area (Å²) in [4.78, 5) is 1.23. The maximum absolute atomic E-state index is 6.39. The summed E-state index contributed by atoms with van der Waals surface area (Å²) in [5, 5.41) is 3.47. The fourth-order valence-corrected chi connectivity index (χ4v) is 4.38. The number of hydrogen-bond acceptors (Lipinski definition) is 3. The minimum atomic E-state index is 0.313. The largest absolute Gasteiger partial charge is 0.289 e. The SMILES string of the molecule is CC(C)c1sc[n+](CC(C)c2csnc2Cl)c1Cl. The van der Waals surface area contributed by atoms with Crippen LogP contribution in [0.3, 0.4) is 0 Å². The van der Waals surface area contributed by atoms with Crippen molar-refractivity contribution in [1.82, 2.24) is 4.37 Å². The Labute approximate surface area is 125 Å². The highest BCUT2D eigenvalue weighted by atomic mass is 35.5. The van der Waals surface area contributed by atoms with E-state index in [-0.39, 0.29) is 0 Å². The standard InChI is InChI=1S/C12H15Cl2N2S2/c1-7(2)10-12(14)16(6-17-10)4-8(3)9-5-18-15-11(9)13/h5-8H,4H2,1-3H3/q+1. The van der Waals surface area contributed by atoms with Crippen LogP contribution in [0.4, 0.5) is 0 Å². The molecule has 98 valence electrons. The van der Waals surface area contributed by atoms with Crippen LogP contribution in [0.5, 0.6) is 0 Å². The summed E-state index contributed by atoms with van der Waals surface area (Å²) in [6, 6.07) is 0. The van der Waals surface area contributed by atoms with E-state index < -0.39 is 0 Å². The van der Waals surface area contributed by atoms with Crippen LogP contribution in [0.15, 0.2) is 10.9 Å². The molecule has 0 spiro atoms. The minimum Gasteiger partial charge on any atom is -0.181 e. The maximum atomic E-state index is 6.39. The fourth-order valence-electron chi connectivity index (χ4n) is 1.80. The molecule has 0 saturated heterocycles. The number of nitrogens with zero attached hydrogens (tertiary/aromatic N) is 2. The van der Waals surface area contributed by atoms with Crippen molar-refractivity contribution in [2.24, 2.45) is 0 Å². The summed E-state index contributed by atoms with van der Waals surface area (Å²) in [5.41, 5.74) is 3.18. The van der Waals surface area contributed by atoms with Gasteiger partial charge < -0.3 is 0 Å². The zero-order chi connectivity index (χ0) is 13.3. The maximum Gasteiger partial charge on any atom is 0.289 e. The molecule has 0 aliphatic heterocycles. The van der Waals surface area contributed by atoms with E-state index in [4.69, 9.17) is 23.2 Å². The Bertz CT molecular complexity index is 534. The zero-order valence-electron chi connectivity index (χ0n) is 10.5. The van der Waals surface area contributed by atoms with Gasteiger partial charge in [0, 0.05) is 16.9 Å². The molecular weight excluding hydrogens is 307 g/mol. The molecule has 0 radical (unpaired) electrons. The van der Waals surface area contributed by atoms with Crippen LogP contribution in [-0.4, -0.2) is 4.37 Å². The molecule has 0 aliphatic carbocycles. The average molecular weight is 322 g/mol. The van der Waals surface area contributed by atoms with Gasteiger partial charge in [0.15, 0.2) is 6.54 Å². The summed E-state index contributed by atoms with van der Waals surface area (Å²) < 4.78 is 6.20. The Hall–Kier alpha value is -0.160. The van der Waals surface area contributed by atoms with Gasteiger partial charge in [-0.2, -0.15) is 8.94 Å². The third kappa shape index (κ3) is 2.87. The van der Waals surface area contributed by atoms with Gasteiger partial charge in [0.25, 0.3) is 5.15 Å². The van der Waals surface area contributed by atoms with E-state index in [1.54, 1.807) is 11.3 Å². The third-order valence-corrected chi connectivity index (χ3v) is 5.70. The molecule has 1 atom stereocenters. The topological polar surface area (TPSA) is 16.8 Å². The molecule has 0 N–H and O–H groups in total. The minimum absolute atomic E-state index is 0.313. The van der Waals surface area contributed by atoms with Crippen molar-refractivity contribution in [3.8, 4) is 0 Å². The van der Waals surface area contributed by atoms with Crippen LogP contribution < -0.4 is 4.57 Å². The Kier molecular flexibility index (Phi) is 4.64. The van der Waals surface area contributed by atoms with Crippen LogP contribution in [0.2, 0.25) is 10.3 Å². The Morgan fingerprint density at radius 3 is 2.56 bits per heavy atom. The summed E-state index contributed by atoms with van der Waals surface area (Å²) >= 11 is 15.6. The Morgan fingerprint density at radius 2 is 2.06 bits per heavy atom. The highest BCUT2D eigenvalue weighted by molar-refractivity contribution is 7.09. The van der Waals surface area contributed by atoms with Crippen LogP contribution >= 0.6 is 46.1 Å². The average Bonchev–Trinajstić information content (AvgIpc) is 2.86. The molecule has 1 unspecified atom stereocenters. The summed E-state index contributed by atoms with van der Waals surface area (Å²) in [5.74, 6) is 0.777. The van der Waals surface area contributed by atoms with Crippen molar-refractivity contribution >= 4 is 46.1 Å². The second kappa shape index (κ2) is 5.87. The van der Waals surface area contributed by atoms with Gasteiger partial charge in [-0.1, -0.05) is 43.7 Å². The smallest absolute Gasteiger partial charge is 0.181 e.